The number of carbonyl (C=O) groups excluding carboxylic acids is 4. The average molecular weight is 881 g/mol. The van der Waals surface area contributed by atoms with Crippen molar-refractivity contribution in [2.45, 2.75) is 6.92 Å². The fourth-order valence-electron chi connectivity index (χ4n) is 4.07. The van der Waals surface area contributed by atoms with E-state index in [2.05, 4.69) is 223 Å². The smallest absolute Gasteiger partial charge is 0.257 e. The topological polar surface area (TPSA) is 137 Å². The zero-order valence-corrected chi connectivity index (χ0v) is 35.9. The van der Waals surface area contributed by atoms with Crippen LogP contribution in [0.3, 0.4) is 0 Å². The molecule has 3 aromatic rings. The number of aromatic hydroxyl groups is 1. The molecule has 0 radical (unpaired) electrons. The van der Waals surface area contributed by atoms with E-state index >= 15 is 0 Å². The molecule has 5 N–H and O–H groups in total. The summed E-state index contributed by atoms with van der Waals surface area (Å²) < 4.78 is 0. The number of amides is 4. The second kappa shape index (κ2) is 32.3. The molecule has 0 aromatic heterocycles. The highest BCUT2D eigenvalue weighted by Gasteiger charge is 2.14. The van der Waals surface area contributed by atoms with E-state index in [1.807, 2.05) is 6.92 Å². The van der Waals surface area contributed by atoms with E-state index in [-0.39, 0.29) is 34.9 Å². The van der Waals surface area contributed by atoms with E-state index in [0.29, 0.717) is 5.56 Å². The lowest BCUT2D eigenvalue weighted by molar-refractivity contribution is 0.0914. The molecule has 0 bridgehead atoms. The molecule has 3 rings (SSSR count). The Kier molecular flexibility index (Phi) is 23.9. The summed E-state index contributed by atoms with van der Waals surface area (Å²) in [5.74, 6) is -2.47. The number of hydrogen-bond acceptors (Lipinski definition) is 5. The Morgan fingerprint density at radius 2 is 0.710 bits per heavy atom. The minimum Gasteiger partial charge on any atom is -0.508 e. The van der Waals surface area contributed by atoms with Crippen LogP contribution in [-0.4, -0.2) is 35.4 Å². The molecule has 4 amide bonds. The summed E-state index contributed by atoms with van der Waals surface area (Å²) in [5, 5.41) is 19.6. The van der Waals surface area contributed by atoms with Gasteiger partial charge in [-0.15, -0.1) is 0 Å². The molecule has 0 saturated heterocycles. The quantitative estimate of drug-likeness (QED) is 0.117. The summed E-state index contributed by atoms with van der Waals surface area (Å²) in [6.45, 7) is 4.98. The Labute approximate surface area is 394 Å². The van der Waals surface area contributed by atoms with Crippen molar-refractivity contribution in [3.05, 3.63) is 308 Å². The molecular weight excluding hydrogens is 857 g/mol. The number of aryl methyl sites for hydroxylation is 1. The van der Waals surface area contributed by atoms with Crippen LogP contribution in [0.25, 0.3) is 0 Å². The highest BCUT2D eigenvalue weighted by Crippen LogP contribution is 2.10. The van der Waals surface area contributed by atoms with E-state index in [4.69, 9.17) is 0 Å². The molecule has 0 unspecified atom stereocenters. The van der Waals surface area contributed by atoms with Crippen molar-refractivity contribution >= 4 is 23.6 Å². The van der Waals surface area contributed by atoms with Gasteiger partial charge in [-0.25, -0.2) is 0 Å². The molecule has 0 spiro atoms. The fourth-order valence-corrected chi connectivity index (χ4v) is 4.07. The minimum atomic E-state index is -0.693. The first kappa shape index (κ1) is 51.0. The van der Waals surface area contributed by atoms with Crippen molar-refractivity contribution in [2.24, 2.45) is 0 Å². The number of benzene rings is 3. The van der Waals surface area contributed by atoms with Crippen molar-refractivity contribution in [1.82, 2.24) is 21.3 Å². The second-order valence-corrected chi connectivity index (χ2v) is 11.8. The molecule has 0 fully saturated rings. The molecule has 3 aromatic carbocycles. The lowest BCUT2D eigenvalue weighted by atomic mass is 10.1. The third-order valence-electron chi connectivity index (χ3n) is 7.02. The Morgan fingerprint density at radius 1 is 0.406 bits per heavy atom. The Hall–Kier alpha value is -12.4. The van der Waals surface area contributed by atoms with Crippen LogP contribution < -0.4 is 21.3 Å². The van der Waals surface area contributed by atoms with Gasteiger partial charge in [-0.2, -0.15) is 0 Å². The van der Waals surface area contributed by atoms with Gasteiger partial charge < -0.3 is 26.4 Å². The Morgan fingerprint density at radius 3 is 1.10 bits per heavy atom. The predicted molar refractivity (Wildman–Crippen MR) is 249 cm³/mol. The number of phenols is 1. The van der Waals surface area contributed by atoms with Crippen molar-refractivity contribution in [3.63, 3.8) is 0 Å². The van der Waals surface area contributed by atoms with Crippen molar-refractivity contribution < 1.29 is 24.3 Å². The van der Waals surface area contributed by atoms with Crippen LogP contribution in [0, 0.1) is 6.92 Å². The maximum Gasteiger partial charge on any atom is 0.257 e. The first-order valence-electron chi connectivity index (χ1n) is 19.1. The summed E-state index contributed by atoms with van der Waals surface area (Å²) in [6, 6.07) is 18.1. The average Bonchev–Trinajstić information content (AvgIpc) is 3.35. The Bertz CT molecular complexity index is 4040. The molecule has 9 heteroatoms. The van der Waals surface area contributed by atoms with Gasteiger partial charge >= 0.3 is 0 Å². The number of hydrogen-bond donors (Lipinski definition) is 5. The van der Waals surface area contributed by atoms with Crippen molar-refractivity contribution in [3.8, 4) is 5.75 Å². The summed E-state index contributed by atoms with van der Waals surface area (Å²) in [4.78, 5) is 51.4. The van der Waals surface area contributed by atoms with Gasteiger partial charge in [-0.3, -0.25) is 19.2 Å². The van der Waals surface area contributed by atoms with Crippen LogP contribution in [-0.2, 0) is 0 Å². The maximum atomic E-state index is 13.3. The van der Waals surface area contributed by atoms with Gasteiger partial charge in [-0.1, -0.05) is 29.5 Å². The largest absolute Gasteiger partial charge is 0.508 e. The molecule has 0 aliphatic carbocycles. The lowest BCUT2D eigenvalue weighted by Gasteiger charge is -2.11. The van der Waals surface area contributed by atoms with Crippen LogP contribution in [0.15, 0.2) is 280 Å². The molecule has 0 aliphatic rings. The zero-order chi connectivity index (χ0) is 49.4. The van der Waals surface area contributed by atoms with Crippen molar-refractivity contribution in [2.75, 3.05) is 6.67 Å². The third kappa shape index (κ3) is 23.4. The third-order valence-corrected chi connectivity index (χ3v) is 7.02. The van der Waals surface area contributed by atoms with E-state index in [0.717, 1.165) is 5.56 Å². The molecule has 0 saturated carbocycles. The van der Waals surface area contributed by atoms with Gasteiger partial charge in [0.25, 0.3) is 23.6 Å². The summed E-state index contributed by atoms with van der Waals surface area (Å²) in [5.41, 5.74) is 86.3. The van der Waals surface area contributed by atoms with Crippen LogP contribution >= 0.6 is 0 Å². The molecular formula is C60H24N4O5. The van der Waals surface area contributed by atoms with E-state index in [1.165, 1.54) is 48.5 Å². The maximum absolute atomic E-state index is 13.3. The SMILES string of the molecule is C=C=C=C=C=C=C=C=C=C=C=C=C=C=C=C=C=C=C=C=C=C=C=C=C=C=C=C=C=C=C=C=C=C=C=C(NC(=O)c1ccc(C)cc1)NC(=O)c1cccc(C(=O)NCNC(=O)c2ccc(O)cc2)c1. The normalized spacial score (nSPS) is 7.09. The zero-order valence-electron chi connectivity index (χ0n) is 35.9. The molecule has 0 atom stereocenters. The summed E-state index contributed by atoms with van der Waals surface area (Å²) >= 11 is 0. The van der Waals surface area contributed by atoms with Crippen LogP contribution in [0.1, 0.15) is 47.0 Å². The highest BCUT2D eigenvalue weighted by molar-refractivity contribution is 6.01. The van der Waals surface area contributed by atoms with Crippen LogP contribution in [0.5, 0.6) is 5.75 Å². The van der Waals surface area contributed by atoms with Gasteiger partial charge in [0.1, 0.15) is 5.75 Å². The number of nitrogens with one attached hydrogen (secondary N) is 4. The molecule has 0 aliphatic heterocycles. The van der Waals surface area contributed by atoms with Gasteiger partial charge in [-0.05, 0) is 166 Å². The van der Waals surface area contributed by atoms with Crippen molar-refractivity contribution in [1.29, 1.82) is 0 Å². The fraction of sp³-hybridized carbons (Fsp3) is 0.0333. The predicted octanol–water partition coefficient (Wildman–Crippen LogP) is 7.72. The molecule has 0 heterocycles. The number of carbonyl (C=O) groups is 4. The van der Waals surface area contributed by atoms with Crippen LogP contribution in [0.2, 0.25) is 0 Å². The summed E-state index contributed by atoms with van der Waals surface area (Å²) in [6.07, 6.45) is 0. The van der Waals surface area contributed by atoms with Gasteiger partial charge in [0.2, 0.25) is 0 Å². The second-order valence-electron chi connectivity index (χ2n) is 11.8. The standard InChI is InChI=1S/C60H24N4O5/c1-3-4-5-6-7-8-9-10-11-12-13-14-15-16-17-18-19-20-21-22-23-24-25-26-27-28-29-30-31-32-33-34-35-39-56(63-59(68)52-42-40-50(2)41-43-52)64-60(69)54-38-36-37-53(48-54)58(67)62-49-61-57(66)51-44-46-55(65)47-45-51/h36-38,40-48,65H,1,49H2,2H3,(H,61,66)(H,62,67)(H,63,68)(H,64,69). The lowest BCUT2D eigenvalue weighted by Crippen LogP contribution is -2.37. The van der Waals surface area contributed by atoms with Gasteiger partial charge in [0.15, 0.2) is 5.82 Å². The highest BCUT2D eigenvalue weighted by atomic mass is 16.3. The first-order valence-corrected chi connectivity index (χ1v) is 19.1. The first-order chi connectivity index (χ1) is 33.8. The van der Waals surface area contributed by atoms with E-state index in [9.17, 15) is 24.3 Å². The van der Waals surface area contributed by atoms with Gasteiger partial charge in [0, 0.05) is 114 Å². The Balaban J connectivity index is 1.83. The van der Waals surface area contributed by atoms with E-state index in [1.54, 1.807) is 24.3 Å². The van der Waals surface area contributed by atoms with E-state index < -0.39 is 23.6 Å². The molecule has 69 heavy (non-hydrogen) atoms. The van der Waals surface area contributed by atoms with Crippen LogP contribution in [0.4, 0.5) is 0 Å². The summed E-state index contributed by atoms with van der Waals surface area (Å²) in [7, 11) is 0. The molecule has 314 valence electrons. The monoisotopic (exact) mass is 880 g/mol. The van der Waals surface area contributed by atoms with Gasteiger partial charge in [0.05, 0.1) is 6.67 Å². The minimum absolute atomic E-state index is 0.00572. The molecule has 9 nitrogen and oxygen atoms in total. The number of phenolic OH excluding ortho intramolecular Hbond substituents is 1. The number of rotatable bonds is 8.